The molecule has 40 heavy (non-hydrogen) atoms. The second-order valence-corrected chi connectivity index (χ2v) is 11.3. The highest BCUT2D eigenvalue weighted by Crippen LogP contribution is 2.33. The van der Waals surface area contributed by atoms with E-state index in [1.807, 2.05) is 35.2 Å². The van der Waals surface area contributed by atoms with Gasteiger partial charge in [0.25, 0.3) is 5.91 Å². The van der Waals surface area contributed by atoms with Crippen molar-refractivity contribution in [1.29, 1.82) is 0 Å². The zero-order valence-corrected chi connectivity index (χ0v) is 23.7. The summed E-state index contributed by atoms with van der Waals surface area (Å²) in [6.45, 7) is 4.76. The van der Waals surface area contributed by atoms with Crippen LogP contribution in [-0.2, 0) is 19.6 Å². The van der Waals surface area contributed by atoms with E-state index in [2.05, 4.69) is 10.0 Å². The van der Waals surface area contributed by atoms with Crippen molar-refractivity contribution in [3.63, 3.8) is 0 Å². The molecule has 2 atom stereocenters. The average molecular weight is 566 g/mol. The third-order valence-electron chi connectivity index (χ3n) is 6.85. The number of ether oxygens (including phenoxy) is 2. The number of sulfonamides is 1. The number of carbonyl (C=O) groups is 2. The molecule has 0 unspecified atom stereocenters. The van der Waals surface area contributed by atoms with Gasteiger partial charge in [-0.3, -0.25) is 9.59 Å². The summed E-state index contributed by atoms with van der Waals surface area (Å²) < 4.78 is 40.9. The van der Waals surface area contributed by atoms with Crippen LogP contribution in [-0.4, -0.2) is 47.1 Å². The van der Waals surface area contributed by atoms with E-state index in [9.17, 15) is 18.0 Å². The van der Waals surface area contributed by atoms with Gasteiger partial charge in [-0.25, -0.2) is 13.1 Å². The first-order valence-corrected chi connectivity index (χ1v) is 14.8. The first kappa shape index (κ1) is 29.1. The molecule has 9 nitrogen and oxygen atoms in total. The number of methoxy groups -OCH3 is 1. The number of hydrogen-bond acceptors (Lipinski definition) is 7. The van der Waals surface area contributed by atoms with Gasteiger partial charge in [-0.1, -0.05) is 36.4 Å². The van der Waals surface area contributed by atoms with E-state index in [1.165, 1.54) is 13.2 Å². The van der Waals surface area contributed by atoms with Crippen molar-refractivity contribution in [1.82, 2.24) is 4.72 Å². The highest BCUT2D eigenvalue weighted by molar-refractivity contribution is 7.89. The van der Waals surface area contributed by atoms with Gasteiger partial charge in [-0.05, 0) is 68.7 Å². The number of nitrogens with zero attached hydrogens (tertiary/aromatic N) is 1. The van der Waals surface area contributed by atoms with Gasteiger partial charge in [0.15, 0.2) is 0 Å². The topological polar surface area (TPSA) is 114 Å². The third-order valence-corrected chi connectivity index (χ3v) is 8.42. The van der Waals surface area contributed by atoms with E-state index in [-0.39, 0.29) is 23.4 Å². The minimum Gasteiger partial charge on any atom is -0.497 e. The van der Waals surface area contributed by atoms with Crippen molar-refractivity contribution in [2.45, 2.75) is 37.6 Å². The molecule has 2 N–H and O–H groups in total. The van der Waals surface area contributed by atoms with Crippen LogP contribution in [0.4, 0.5) is 11.4 Å². The van der Waals surface area contributed by atoms with Gasteiger partial charge in [-0.2, -0.15) is 0 Å². The van der Waals surface area contributed by atoms with E-state index in [0.717, 1.165) is 5.56 Å². The summed E-state index contributed by atoms with van der Waals surface area (Å²) in [5.74, 6) is -0.505. The molecule has 4 rings (SSSR count). The van der Waals surface area contributed by atoms with Crippen LogP contribution in [0.3, 0.4) is 0 Å². The second kappa shape index (κ2) is 13.0. The SMILES string of the molecule is CCOC(=O)[C@H]1CCCN(c2ccc(NC(=O)c3cccc(OC)c3)cc2S(=O)(=O)N[C@@H](C)c2ccccc2)C1. The molecule has 0 radical (unpaired) electrons. The van der Waals surface area contributed by atoms with E-state index in [1.54, 1.807) is 50.2 Å². The summed E-state index contributed by atoms with van der Waals surface area (Å²) in [5, 5.41) is 2.80. The molecule has 1 heterocycles. The molecule has 3 aromatic carbocycles. The van der Waals surface area contributed by atoms with Crippen LogP contribution in [0.25, 0.3) is 0 Å². The van der Waals surface area contributed by atoms with Gasteiger partial charge in [-0.15, -0.1) is 0 Å². The maximum absolute atomic E-state index is 13.8. The number of benzene rings is 3. The first-order chi connectivity index (χ1) is 19.2. The molecular weight excluding hydrogens is 530 g/mol. The number of carbonyl (C=O) groups excluding carboxylic acids is 2. The molecule has 0 saturated carbocycles. The Labute approximate surface area is 235 Å². The van der Waals surface area contributed by atoms with Crippen molar-refractivity contribution in [3.8, 4) is 5.75 Å². The first-order valence-electron chi connectivity index (χ1n) is 13.3. The normalized spacial score (nSPS) is 16.2. The van der Waals surface area contributed by atoms with Crippen LogP contribution in [0.15, 0.2) is 77.7 Å². The Morgan fingerprint density at radius 2 is 1.82 bits per heavy atom. The molecule has 1 aliphatic rings. The van der Waals surface area contributed by atoms with E-state index in [0.29, 0.717) is 48.6 Å². The number of anilines is 2. The maximum Gasteiger partial charge on any atom is 0.310 e. The van der Waals surface area contributed by atoms with Gasteiger partial charge < -0.3 is 19.7 Å². The Bertz CT molecular complexity index is 1440. The van der Waals surface area contributed by atoms with Gasteiger partial charge in [0, 0.05) is 30.4 Å². The zero-order valence-electron chi connectivity index (χ0n) is 22.9. The number of esters is 1. The maximum atomic E-state index is 13.8. The lowest BCUT2D eigenvalue weighted by Crippen LogP contribution is -2.40. The molecule has 1 saturated heterocycles. The van der Waals surface area contributed by atoms with Crippen LogP contribution >= 0.6 is 0 Å². The van der Waals surface area contributed by atoms with Crippen LogP contribution < -0.4 is 19.7 Å². The zero-order chi connectivity index (χ0) is 28.7. The smallest absolute Gasteiger partial charge is 0.310 e. The molecule has 0 spiro atoms. The van der Waals surface area contributed by atoms with Crippen LogP contribution in [0.1, 0.15) is 48.7 Å². The van der Waals surface area contributed by atoms with Gasteiger partial charge >= 0.3 is 5.97 Å². The van der Waals surface area contributed by atoms with Crippen molar-refractivity contribution in [2.24, 2.45) is 5.92 Å². The molecule has 1 aliphatic heterocycles. The Morgan fingerprint density at radius 1 is 1.05 bits per heavy atom. The fourth-order valence-electron chi connectivity index (χ4n) is 4.79. The third kappa shape index (κ3) is 7.00. The van der Waals surface area contributed by atoms with Crippen LogP contribution in [0.2, 0.25) is 0 Å². The fraction of sp³-hybridized carbons (Fsp3) is 0.333. The molecule has 0 aromatic heterocycles. The summed E-state index contributed by atoms with van der Waals surface area (Å²) in [7, 11) is -2.53. The Balaban J connectivity index is 1.68. The highest BCUT2D eigenvalue weighted by atomic mass is 32.2. The Morgan fingerprint density at radius 3 is 2.55 bits per heavy atom. The summed E-state index contributed by atoms with van der Waals surface area (Å²) >= 11 is 0. The molecule has 0 bridgehead atoms. The Kier molecular flexibility index (Phi) is 9.44. The molecule has 1 amide bonds. The molecule has 1 fully saturated rings. The largest absolute Gasteiger partial charge is 0.497 e. The molecule has 0 aliphatic carbocycles. The number of nitrogens with one attached hydrogen (secondary N) is 2. The quantitative estimate of drug-likeness (QED) is 0.341. The van der Waals surface area contributed by atoms with Gasteiger partial charge in [0.05, 0.1) is 25.3 Å². The van der Waals surface area contributed by atoms with Crippen molar-refractivity contribution in [3.05, 3.63) is 83.9 Å². The highest BCUT2D eigenvalue weighted by Gasteiger charge is 2.31. The van der Waals surface area contributed by atoms with Crippen LogP contribution in [0.5, 0.6) is 5.75 Å². The summed E-state index contributed by atoms with van der Waals surface area (Å²) in [6, 6.07) is 20.3. The number of hydrogen-bond donors (Lipinski definition) is 2. The molecular formula is C30H35N3O6S. The van der Waals surface area contributed by atoms with E-state index in [4.69, 9.17) is 9.47 Å². The minimum atomic E-state index is -4.05. The number of piperidine rings is 1. The predicted octanol–water partition coefficient (Wildman–Crippen LogP) is 4.77. The van der Waals surface area contributed by atoms with Crippen molar-refractivity contribution >= 4 is 33.3 Å². The van der Waals surface area contributed by atoms with Crippen molar-refractivity contribution in [2.75, 3.05) is 37.0 Å². The van der Waals surface area contributed by atoms with E-state index < -0.39 is 22.0 Å². The molecule has 212 valence electrons. The second-order valence-electron chi connectivity index (χ2n) is 9.66. The lowest BCUT2D eigenvalue weighted by atomic mass is 9.97. The van der Waals surface area contributed by atoms with Crippen LogP contribution in [0, 0.1) is 5.92 Å². The van der Waals surface area contributed by atoms with Crippen molar-refractivity contribution < 1.29 is 27.5 Å². The summed E-state index contributed by atoms with van der Waals surface area (Å²) in [4.78, 5) is 27.4. The average Bonchev–Trinajstić information content (AvgIpc) is 2.97. The standard InChI is InChI=1S/C30H35N3O6S/c1-4-39-30(35)24-13-9-17-33(20-24)27-16-15-25(31-29(34)23-12-8-14-26(18-23)38-3)19-28(27)40(36,37)32-21(2)22-10-6-5-7-11-22/h5-8,10-12,14-16,18-19,21,24,32H,4,9,13,17,20H2,1-3H3,(H,31,34)/t21-,24-/m0/s1. The van der Waals surface area contributed by atoms with Gasteiger partial charge in [0.2, 0.25) is 10.0 Å². The minimum absolute atomic E-state index is 0.0169. The predicted molar refractivity (Wildman–Crippen MR) is 154 cm³/mol. The molecule has 10 heteroatoms. The van der Waals surface area contributed by atoms with E-state index >= 15 is 0 Å². The summed E-state index contributed by atoms with van der Waals surface area (Å²) in [5.41, 5.74) is 1.97. The molecule has 3 aromatic rings. The Hall–Kier alpha value is -3.89. The number of rotatable bonds is 10. The lowest BCUT2D eigenvalue weighted by Gasteiger charge is -2.34. The fourth-order valence-corrected chi connectivity index (χ4v) is 6.27. The summed E-state index contributed by atoms with van der Waals surface area (Å²) in [6.07, 6.45) is 1.39. The lowest BCUT2D eigenvalue weighted by molar-refractivity contribution is -0.148. The number of amides is 1. The monoisotopic (exact) mass is 565 g/mol. The van der Waals surface area contributed by atoms with Gasteiger partial charge in [0.1, 0.15) is 10.6 Å².